The largest absolute Gasteiger partial charge is 0.455 e. The molecule has 0 saturated carbocycles. The van der Waals surface area contributed by atoms with Gasteiger partial charge in [0.15, 0.2) is 5.75 Å². The number of carbonyl (C=O) groups excluding carboxylic acids is 1. The fourth-order valence-electron chi connectivity index (χ4n) is 2.36. The number of benzene rings is 2. The van der Waals surface area contributed by atoms with Crippen molar-refractivity contribution in [2.45, 2.75) is 34.1 Å². The molecule has 2 aromatic rings. The summed E-state index contributed by atoms with van der Waals surface area (Å²) in [6.45, 7) is 7.72. The first-order valence-electron chi connectivity index (χ1n) is 7.69. The van der Waals surface area contributed by atoms with E-state index >= 15 is 0 Å². The van der Waals surface area contributed by atoms with Crippen LogP contribution in [0.4, 0.5) is 5.69 Å². The van der Waals surface area contributed by atoms with E-state index in [-0.39, 0.29) is 5.91 Å². The number of hydrogen-bond donors (Lipinski definition) is 0. The van der Waals surface area contributed by atoms with E-state index in [4.69, 9.17) is 4.74 Å². The quantitative estimate of drug-likeness (QED) is 0.698. The molecule has 122 valence electrons. The molecule has 0 saturated heterocycles. The molecule has 0 N–H and O–H groups in total. The maximum atomic E-state index is 11.9. The third kappa shape index (κ3) is 4.08. The minimum Gasteiger partial charge on any atom is -0.455 e. The summed E-state index contributed by atoms with van der Waals surface area (Å²) < 4.78 is 7.82. The molecule has 0 radical (unpaired) electrons. The number of aryl methyl sites for hydroxylation is 3. The summed E-state index contributed by atoms with van der Waals surface area (Å²) in [5, 5.41) is 0. The first kappa shape index (κ1) is 17.4. The molecular formula is C19H23NO2S. The van der Waals surface area contributed by atoms with E-state index in [0.29, 0.717) is 5.75 Å². The van der Waals surface area contributed by atoms with Gasteiger partial charge in [-0.15, -0.1) is 0 Å². The topological polar surface area (TPSA) is 29.5 Å². The molecular weight excluding hydrogens is 306 g/mol. The first-order valence-corrected chi connectivity index (χ1v) is 8.87. The summed E-state index contributed by atoms with van der Waals surface area (Å²) in [6.07, 6.45) is 2.85. The Hall–Kier alpha value is -1.94. The minimum absolute atomic E-state index is 0.0213. The van der Waals surface area contributed by atoms with Gasteiger partial charge in [-0.05, 0) is 67.1 Å². The van der Waals surface area contributed by atoms with E-state index in [1.54, 1.807) is 11.2 Å². The molecule has 4 heteroatoms. The lowest BCUT2D eigenvalue weighted by Gasteiger charge is -2.22. The molecule has 23 heavy (non-hydrogen) atoms. The number of anilines is 1. The van der Waals surface area contributed by atoms with Gasteiger partial charge in [0.2, 0.25) is 5.91 Å². The predicted octanol–water partition coefficient (Wildman–Crippen LogP) is 5.29. The van der Waals surface area contributed by atoms with Gasteiger partial charge in [-0.25, -0.2) is 0 Å². The minimum atomic E-state index is -0.0213. The number of hydrogen-bond acceptors (Lipinski definition) is 3. The van der Waals surface area contributed by atoms with Crippen molar-refractivity contribution in [2.24, 2.45) is 0 Å². The Bertz CT molecular complexity index is 713. The van der Waals surface area contributed by atoms with Crippen LogP contribution in [0.1, 0.15) is 30.5 Å². The van der Waals surface area contributed by atoms with Crippen molar-refractivity contribution >= 4 is 23.5 Å². The van der Waals surface area contributed by atoms with E-state index in [1.165, 1.54) is 17.5 Å². The predicted molar refractivity (Wildman–Crippen MR) is 98.5 cm³/mol. The average Bonchev–Trinajstić information content (AvgIpc) is 2.52. The summed E-state index contributed by atoms with van der Waals surface area (Å²) in [5.74, 6) is 1.50. The van der Waals surface area contributed by atoms with Crippen LogP contribution in [0.3, 0.4) is 0 Å². The highest BCUT2D eigenvalue weighted by Crippen LogP contribution is 2.37. The molecule has 0 atom stereocenters. The van der Waals surface area contributed by atoms with E-state index in [0.717, 1.165) is 29.0 Å². The maximum absolute atomic E-state index is 11.9. The van der Waals surface area contributed by atoms with Gasteiger partial charge in [0.25, 0.3) is 0 Å². The molecule has 0 bridgehead atoms. The van der Waals surface area contributed by atoms with Gasteiger partial charge in [-0.3, -0.25) is 9.10 Å². The van der Waals surface area contributed by atoms with Crippen LogP contribution in [0.5, 0.6) is 11.5 Å². The zero-order valence-corrected chi connectivity index (χ0v) is 15.2. The van der Waals surface area contributed by atoms with Gasteiger partial charge < -0.3 is 4.74 Å². The van der Waals surface area contributed by atoms with Gasteiger partial charge in [0.05, 0.1) is 5.69 Å². The van der Waals surface area contributed by atoms with Crippen LogP contribution < -0.4 is 9.04 Å². The van der Waals surface area contributed by atoms with Crippen LogP contribution in [-0.2, 0) is 11.2 Å². The van der Waals surface area contributed by atoms with Gasteiger partial charge in [-0.2, -0.15) is 0 Å². The Labute approximate surface area is 142 Å². The van der Waals surface area contributed by atoms with Crippen LogP contribution >= 0.6 is 11.9 Å². The lowest BCUT2D eigenvalue weighted by atomic mass is 10.1. The standard InChI is InChI=1S/C19H23NO2S/c1-6-16-9-8-14(3)19(12-16)22-18-10-7-13(2)11-17(18)20(23-5)15(4)21/h7-12H,6H2,1-5H3. The monoisotopic (exact) mass is 329 g/mol. The number of carbonyl (C=O) groups is 1. The van der Waals surface area contributed by atoms with Crippen LogP contribution in [0.25, 0.3) is 0 Å². The van der Waals surface area contributed by atoms with E-state index in [9.17, 15) is 4.79 Å². The van der Waals surface area contributed by atoms with Crippen molar-refractivity contribution in [3.63, 3.8) is 0 Å². The number of amides is 1. The molecule has 1 amide bonds. The van der Waals surface area contributed by atoms with Crippen LogP contribution in [-0.4, -0.2) is 12.2 Å². The number of ether oxygens (including phenoxy) is 1. The Morgan fingerprint density at radius 2 is 1.87 bits per heavy atom. The summed E-state index contributed by atoms with van der Waals surface area (Å²) >= 11 is 1.38. The van der Waals surface area contributed by atoms with Gasteiger partial charge in [-0.1, -0.05) is 25.1 Å². The van der Waals surface area contributed by atoms with E-state index in [2.05, 4.69) is 25.1 Å². The number of nitrogens with zero attached hydrogens (tertiary/aromatic N) is 1. The Balaban J connectivity index is 2.46. The van der Waals surface area contributed by atoms with Crippen LogP contribution in [0.15, 0.2) is 36.4 Å². The molecule has 0 aliphatic heterocycles. The Morgan fingerprint density at radius 1 is 1.13 bits per heavy atom. The van der Waals surface area contributed by atoms with Crippen molar-refractivity contribution in [1.29, 1.82) is 0 Å². The molecule has 0 aliphatic carbocycles. The van der Waals surface area contributed by atoms with Gasteiger partial charge in [0.1, 0.15) is 5.75 Å². The lowest BCUT2D eigenvalue weighted by Crippen LogP contribution is -2.20. The van der Waals surface area contributed by atoms with E-state index in [1.807, 2.05) is 38.3 Å². The molecule has 0 unspecified atom stereocenters. The SMILES string of the molecule is CCc1ccc(C)c(Oc2ccc(C)cc2N(SC)C(C)=O)c1. The van der Waals surface area contributed by atoms with Crippen LogP contribution in [0.2, 0.25) is 0 Å². The molecule has 0 aromatic heterocycles. The summed E-state index contributed by atoms with van der Waals surface area (Å²) in [4.78, 5) is 11.9. The molecule has 2 aromatic carbocycles. The molecule has 0 aliphatic rings. The second kappa shape index (κ2) is 7.55. The first-order chi connectivity index (χ1) is 11.0. The second-order valence-corrected chi connectivity index (χ2v) is 6.25. The third-order valence-corrected chi connectivity index (χ3v) is 4.50. The van der Waals surface area contributed by atoms with Gasteiger partial charge in [0, 0.05) is 13.2 Å². The molecule has 2 rings (SSSR count). The van der Waals surface area contributed by atoms with Crippen molar-refractivity contribution in [3.05, 3.63) is 53.1 Å². The Kier molecular flexibility index (Phi) is 5.72. The van der Waals surface area contributed by atoms with Crippen molar-refractivity contribution in [1.82, 2.24) is 0 Å². The molecule has 0 fully saturated rings. The lowest BCUT2D eigenvalue weighted by molar-refractivity contribution is -0.115. The molecule has 3 nitrogen and oxygen atoms in total. The second-order valence-electron chi connectivity index (χ2n) is 5.52. The fourth-order valence-corrected chi connectivity index (χ4v) is 2.96. The summed E-state index contributed by atoms with van der Waals surface area (Å²) in [7, 11) is 0. The van der Waals surface area contributed by atoms with Gasteiger partial charge >= 0.3 is 0 Å². The summed E-state index contributed by atoms with van der Waals surface area (Å²) in [5.41, 5.74) is 4.18. The van der Waals surface area contributed by atoms with Crippen molar-refractivity contribution in [2.75, 3.05) is 10.6 Å². The van der Waals surface area contributed by atoms with Crippen LogP contribution in [0, 0.1) is 13.8 Å². The fraction of sp³-hybridized carbons (Fsp3) is 0.316. The van der Waals surface area contributed by atoms with Crippen molar-refractivity contribution in [3.8, 4) is 11.5 Å². The zero-order chi connectivity index (χ0) is 17.0. The number of rotatable bonds is 5. The van der Waals surface area contributed by atoms with Crippen molar-refractivity contribution < 1.29 is 9.53 Å². The molecule has 0 spiro atoms. The highest BCUT2D eigenvalue weighted by molar-refractivity contribution is 8.00. The maximum Gasteiger partial charge on any atom is 0.234 e. The smallest absolute Gasteiger partial charge is 0.234 e. The third-order valence-electron chi connectivity index (χ3n) is 3.68. The zero-order valence-electron chi connectivity index (χ0n) is 14.3. The average molecular weight is 329 g/mol. The Morgan fingerprint density at radius 3 is 2.48 bits per heavy atom. The normalized spacial score (nSPS) is 10.5. The van der Waals surface area contributed by atoms with E-state index < -0.39 is 0 Å². The molecule has 0 heterocycles. The highest BCUT2D eigenvalue weighted by atomic mass is 32.2. The highest BCUT2D eigenvalue weighted by Gasteiger charge is 2.17. The summed E-state index contributed by atoms with van der Waals surface area (Å²) in [6, 6.07) is 12.1.